The Morgan fingerprint density at radius 2 is 2.18 bits per heavy atom. The highest BCUT2D eigenvalue weighted by atomic mass is 32.2. The minimum atomic E-state index is 0.451. The Hall–Kier alpha value is 0.660. The van der Waals surface area contributed by atoms with Crippen LogP contribution in [0.1, 0.15) is 20.3 Å². The van der Waals surface area contributed by atoms with Crippen LogP contribution >= 0.6 is 23.5 Å². The summed E-state index contributed by atoms with van der Waals surface area (Å²) in [6.45, 7) is 4.41. The lowest BCUT2D eigenvalue weighted by Crippen LogP contribution is -2.12. The minimum absolute atomic E-state index is 0.451. The van der Waals surface area contributed by atoms with E-state index in [1.807, 2.05) is 23.5 Å². The van der Waals surface area contributed by atoms with Gasteiger partial charge in [-0.05, 0) is 25.4 Å². The molecule has 0 radical (unpaired) electrons. The third kappa shape index (κ3) is 2.88. The van der Waals surface area contributed by atoms with Gasteiger partial charge in [0, 0.05) is 5.25 Å². The molecular formula is C8H16OS2. The van der Waals surface area contributed by atoms with E-state index in [9.17, 15) is 0 Å². The third-order valence-corrected chi connectivity index (χ3v) is 4.06. The van der Waals surface area contributed by atoms with Crippen molar-refractivity contribution in [2.24, 2.45) is 0 Å². The average Bonchev–Trinajstić information content (AvgIpc) is 2.28. The summed E-state index contributed by atoms with van der Waals surface area (Å²) in [4.78, 5) is 0. The Morgan fingerprint density at radius 1 is 1.45 bits per heavy atom. The van der Waals surface area contributed by atoms with Gasteiger partial charge in [-0.1, -0.05) is 6.92 Å². The summed E-state index contributed by atoms with van der Waals surface area (Å²) in [7, 11) is 0. The zero-order valence-electron chi connectivity index (χ0n) is 7.37. The second-order valence-corrected chi connectivity index (χ2v) is 5.42. The van der Waals surface area contributed by atoms with Crippen molar-refractivity contribution in [2.45, 2.75) is 37.1 Å². The van der Waals surface area contributed by atoms with Crippen molar-refractivity contribution in [3.8, 4) is 0 Å². The summed E-state index contributed by atoms with van der Waals surface area (Å²) in [6, 6.07) is 0. The first-order valence-electron chi connectivity index (χ1n) is 4.04. The van der Waals surface area contributed by atoms with E-state index in [-0.39, 0.29) is 0 Å². The van der Waals surface area contributed by atoms with Crippen LogP contribution in [-0.4, -0.2) is 28.8 Å². The van der Waals surface area contributed by atoms with Gasteiger partial charge in [-0.15, -0.1) is 11.8 Å². The summed E-state index contributed by atoms with van der Waals surface area (Å²) < 4.78 is 5.73. The highest BCUT2D eigenvalue weighted by Crippen LogP contribution is 2.34. The molecule has 3 atom stereocenters. The molecule has 0 N–H and O–H groups in total. The predicted molar refractivity (Wildman–Crippen MR) is 54.4 cm³/mol. The molecule has 11 heavy (non-hydrogen) atoms. The van der Waals surface area contributed by atoms with Crippen molar-refractivity contribution in [1.29, 1.82) is 0 Å². The molecule has 66 valence electrons. The molecule has 0 unspecified atom stereocenters. The third-order valence-electron chi connectivity index (χ3n) is 1.95. The highest BCUT2D eigenvalue weighted by molar-refractivity contribution is 8.00. The smallest absolute Gasteiger partial charge is 0.104 e. The molecule has 1 heterocycles. The molecule has 1 aliphatic rings. The minimum Gasteiger partial charge on any atom is -0.363 e. The molecule has 0 amide bonds. The predicted octanol–water partition coefficient (Wildman–Crippen LogP) is 2.61. The SMILES string of the molecule is CSCC[C@@H]1O[C@H](C)[C@H](C)S1. The van der Waals surface area contributed by atoms with Crippen LogP contribution < -0.4 is 0 Å². The molecule has 0 aromatic heterocycles. The molecule has 0 aromatic rings. The van der Waals surface area contributed by atoms with Crippen LogP contribution in [0.15, 0.2) is 0 Å². The zero-order chi connectivity index (χ0) is 8.27. The van der Waals surface area contributed by atoms with E-state index in [4.69, 9.17) is 4.74 Å². The second kappa shape index (κ2) is 4.63. The number of thioether (sulfide) groups is 2. The van der Waals surface area contributed by atoms with Crippen molar-refractivity contribution in [1.82, 2.24) is 0 Å². The van der Waals surface area contributed by atoms with E-state index in [1.165, 1.54) is 12.2 Å². The van der Waals surface area contributed by atoms with Gasteiger partial charge in [0.1, 0.15) is 5.44 Å². The van der Waals surface area contributed by atoms with Crippen LogP contribution in [-0.2, 0) is 4.74 Å². The van der Waals surface area contributed by atoms with Crippen molar-refractivity contribution in [3.05, 3.63) is 0 Å². The van der Waals surface area contributed by atoms with Gasteiger partial charge in [-0.25, -0.2) is 0 Å². The molecule has 3 heteroatoms. The molecule has 1 rings (SSSR count). The number of ether oxygens (including phenoxy) is 1. The van der Waals surface area contributed by atoms with Crippen LogP contribution in [0.5, 0.6) is 0 Å². The fourth-order valence-corrected chi connectivity index (χ4v) is 2.94. The summed E-state index contributed by atoms with van der Waals surface area (Å²) in [5.41, 5.74) is 0.465. The van der Waals surface area contributed by atoms with Crippen LogP contribution in [0.4, 0.5) is 0 Å². The number of hydrogen-bond acceptors (Lipinski definition) is 3. The van der Waals surface area contributed by atoms with Crippen LogP contribution in [0, 0.1) is 0 Å². The van der Waals surface area contributed by atoms with Crippen LogP contribution in [0.3, 0.4) is 0 Å². The summed E-state index contributed by atoms with van der Waals surface area (Å²) in [6.07, 6.45) is 3.79. The average molecular weight is 192 g/mol. The summed E-state index contributed by atoms with van der Waals surface area (Å²) in [5, 5.41) is 0.682. The Balaban J connectivity index is 2.18. The Bertz CT molecular complexity index is 109. The molecule has 0 bridgehead atoms. The van der Waals surface area contributed by atoms with E-state index >= 15 is 0 Å². The van der Waals surface area contributed by atoms with Gasteiger partial charge in [0.25, 0.3) is 0 Å². The van der Waals surface area contributed by atoms with Crippen LogP contribution in [0.25, 0.3) is 0 Å². The standard InChI is InChI=1S/C8H16OS2/c1-6-7(2)11-8(9-6)4-5-10-3/h6-8H,4-5H2,1-3H3/t6-,7+,8-/m1/s1. The molecule has 0 aromatic carbocycles. The first-order chi connectivity index (χ1) is 5.24. The molecule has 1 nitrogen and oxygen atoms in total. The molecule has 0 spiro atoms. The quantitative estimate of drug-likeness (QED) is 0.680. The monoisotopic (exact) mass is 192 g/mol. The molecule has 1 fully saturated rings. The van der Waals surface area contributed by atoms with E-state index in [0.717, 1.165) is 0 Å². The van der Waals surface area contributed by atoms with Gasteiger partial charge < -0.3 is 4.74 Å². The van der Waals surface area contributed by atoms with E-state index in [0.29, 0.717) is 16.8 Å². The maximum Gasteiger partial charge on any atom is 0.104 e. The number of rotatable bonds is 3. The van der Waals surface area contributed by atoms with Crippen molar-refractivity contribution in [2.75, 3.05) is 12.0 Å². The molecule has 0 saturated carbocycles. The van der Waals surface area contributed by atoms with Crippen LogP contribution in [0.2, 0.25) is 0 Å². The maximum atomic E-state index is 5.73. The van der Waals surface area contributed by atoms with Crippen molar-refractivity contribution >= 4 is 23.5 Å². The lowest BCUT2D eigenvalue weighted by Gasteiger charge is -2.07. The first-order valence-corrected chi connectivity index (χ1v) is 6.37. The fourth-order valence-electron chi connectivity index (χ4n) is 1.08. The molecule has 1 aliphatic heterocycles. The second-order valence-electron chi connectivity index (χ2n) is 2.89. The highest BCUT2D eigenvalue weighted by Gasteiger charge is 2.28. The van der Waals surface area contributed by atoms with Gasteiger partial charge in [-0.2, -0.15) is 11.8 Å². The van der Waals surface area contributed by atoms with Gasteiger partial charge in [0.15, 0.2) is 0 Å². The topological polar surface area (TPSA) is 9.23 Å². The Kier molecular flexibility index (Phi) is 4.10. The van der Waals surface area contributed by atoms with Crippen molar-refractivity contribution in [3.63, 3.8) is 0 Å². The summed E-state index contributed by atoms with van der Waals surface area (Å²) in [5.74, 6) is 1.22. The first kappa shape index (κ1) is 9.75. The summed E-state index contributed by atoms with van der Waals surface area (Å²) >= 11 is 3.88. The van der Waals surface area contributed by atoms with Gasteiger partial charge in [0.2, 0.25) is 0 Å². The van der Waals surface area contributed by atoms with Gasteiger partial charge >= 0.3 is 0 Å². The Labute approximate surface area is 77.6 Å². The van der Waals surface area contributed by atoms with Crippen molar-refractivity contribution < 1.29 is 4.74 Å². The fraction of sp³-hybridized carbons (Fsp3) is 1.00. The maximum absolute atomic E-state index is 5.73. The molecular weight excluding hydrogens is 176 g/mol. The van der Waals surface area contributed by atoms with E-state index in [2.05, 4.69) is 20.1 Å². The van der Waals surface area contributed by atoms with Gasteiger partial charge in [0.05, 0.1) is 6.10 Å². The van der Waals surface area contributed by atoms with Gasteiger partial charge in [-0.3, -0.25) is 0 Å². The van der Waals surface area contributed by atoms with E-state index in [1.54, 1.807) is 0 Å². The number of hydrogen-bond donors (Lipinski definition) is 0. The molecule has 1 saturated heterocycles. The van der Waals surface area contributed by atoms with E-state index < -0.39 is 0 Å². The lowest BCUT2D eigenvalue weighted by atomic mass is 10.3. The zero-order valence-corrected chi connectivity index (χ0v) is 9.00. The Morgan fingerprint density at radius 3 is 2.64 bits per heavy atom. The lowest BCUT2D eigenvalue weighted by molar-refractivity contribution is 0.0670. The normalized spacial score (nSPS) is 37.9. The molecule has 0 aliphatic carbocycles. The largest absolute Gasteiger partial charge is 0.363 e.